The molecule has 0 bridgehead atoms. The van der Waals surface area contributed by atoms with E-state index in [4.69, 9.17) is 9.47 Å². The number of thiazole rings is 1. The molecule has 6 heteroatoms. The van der Waals surface area contributed by atoms with Gasteiger partial charge >= 0.3 is 0 Å². The van der Waals surface area contributed by atoms with E-state index >= 15 is 0 Å². The minimum atomic E-state index is -0.204. The van der Waals surface area contributed by atoms with Crippen molar-refractivity contribution >= 4 is 29.0 Å². The molecule has 1 aliphatic rings. The molecule has 4 rings (SSSR count). The lowest BCUT2D eigenvalue weighted by atomic mass is 10.1. The molecule has 2 aromatic carbocycles. The summed E-state index contributed by atoms with van der Waals surface area (Å²) in [5.74, 6) is 1.19. The summed E-state index contributed by atoms with van der Waals surface area (Å²) in [6.45, 7) is 0.597. The molecule has 0 saturated carbocycles. The standard InChI is InChI=1S/C20H16N2O3S/c23-20(15-9-14-5-1-3-7-18(14)24-10-15)22-17-6-2-4-8-19(17)25-11-16-12-26-13-21-16/h1-9,12-13H,10-11H2,(H,22,23). The highest BCUT2D eigenvalue weighted by molar-refractivity contribution is 7.07. The number of carbonyl (C=O) groups is 1. The SMILES string of the molecule is O=C(Nc1ccccc1OCc1cscn1)C1=Cc2ccccc2OC1. The number of fused-ring (bicyclic) bond motifs is 1. The minimum absolute atomic E-state index is 0.204. The number of nitrogens with one attached hydrogen (secondary N) is 1. The summed E-state index contributed by atoms with van der Waals surface area (Å²) in [4.78, 5) is 16.8. The van der Waals surface area contributed by atoms with E-state index in [9.17, 15) is 4.79 Å². The Bertz CT molecular complexity index is 951. The van der Waals surface area contributed by atoms with Crippen molar-refractivity contribution in [1.82, 2.24) is 4.98 Å². The lowest BCUT2D eigenvalue weighted by Crippen LogP contribution is -2.21. The molecule has 1 aromatic heterocycles. The van der Waals surface area contributed by atoms with Crippen molar-refractivity contribution in [1.29, 1.82) is 0 Å². The lowest BCUT2D eigenvalue weighted by Gasteiger charge is -2.18. The van der Waals surface area contributed by atoms with Crippen LogP contribution in [0.2, 0.25) is 0 Å². The van der Waals surface area contributed by atoms with Crippen LogP contribution in [0.25, 0.3) is 6.08 Å². The van der Waals surface area contributed by atoms with Crippen molar-refractivity contribution in [2.75, 3.05) is 11.9 Å². The highest BCUT2D eigenvalue weighted by atomic mass is 32.1. The van der Waals surface area contributed by atoms with Crippen LogP contribution in [0.3, 0.4) is 0 Å². The summed E-state index contributed by atoms with van der Waals surface area (Å²) in [5.41, 5.74) is 4.71. The number of amides is 1. The first-order chi connectivity index (χ1) is 12.8. The molecule has 0 spiro atoms. The predicted molar refractivity (Wildman–Crippen MR) is 101 cm³/mol. The van der Waals surface area contributed by atoms with Crippen molar-refractivity contribution in [2.24, 2.45) is 0 Å². The maximum Gasteiger partial charge on any atom is 0.255 e. The topological polar surface area (TPSA) is 60.5 Å². The Balaban J connectivity index is 1.49. The predicted octanol–water partition coefficient (Wildman–Crippen LogP) is 4.14. The zero-order chi connectivity index (χ0) is 17.8. The Morgan fingerprint density at radius 1 is 1.19 bits per heavy atom. The average molecular weight is 364 g/mol. The van der Waals surface area contributed by atoms with Gasteiger partial charge in [0.05, 0.1) is 22.5 Å². The van der Waals surface area contributed by atoms with Gasteiger partial charge in [0.2, 0.25) is 0 Å². The van der Waals surface area contributed by atoms with Crippen LogP contribution in [0, 0.1) is 0 Å². The third-order valence-corrected chi connectivity index (χ3v) is 4.55. The molecule has 26 heavy (non-hydrogen) atoms. The van der Waals surface area contributed by atoms with Gasteiger partial charge in [-0.2, -0.15) is 0 Å². The van der Waals surface area contributed by atoms with Gasteiger partial charge in [-0.25, -0.2) is 4.98 Å². The molecule has 2 heterocycles. The molecule has 5 nitrogen and oxygen atoms in total. The van der Waals surface area contributed by atoms with Crippen molar-refractivity contribution in [2.45, 2.75) is 6.61 Å². The monoisotopic (exact) mass is 364 g/mol. The second-order valence-electron chi connectivity index (χ2n) is 5.71. The molecule has 0 radical (unpaired) electrons. The van der Waals surface area contributed by atoms with Gasteiger partial charge < -0.3 is 14.8 Å². The number of carbonyl (C=O) groups excluding carboxylic acids is 1. The number of aromatic nitrogens is 1. The zero-order valence-corrected chi connectivity index (χ0v) is 14.7. The molecule has 1 N–H and O–H groups in total. The molecule has 0 saturated heterocycles. The second-order valence-corrected chi connectivity index (χ2v) is 6.43. The number of rotatable bonds is 5. The first-order valence-electron chi connectivity index (χ1n) is 8.12. The van der Waals surface area contributed by atoms with Crippen LogP contribution in [0.15, 0.2) is 65.0 Å². The van der Waals surface area contributed by atoms with Crippen LogP contribution in [0.1, 0.15) is 11.3 Å². The molecular weight excluding hydrogens is 348 g/mol. The van der Waals surface area contributed by atoms with E-state index in [1.165, 1.54) is 11.3 Å². The van der Waals surface area contributed by atoms with Crippen LogP contribution in [-0.4, -0.2) is 17.5 Å². The van der Waals surface area contributed by atoms with Gasteiger partial charge in [0.1, 0.15) is 24.7 Å². The summed E-state index contributed by atoms with van der Waals surface area (Å²) in [6, 6.07) is 15.0. The van der Waals surface area contributed by atoms with Crippen LogP contribution in [0.4, 0.5) is 5.69 Å². The largest absolute Gasteiger partial charge is 0.488 e. The molecule has 0 atom stereocenters. The number of nitrogens with zero attached hydrogens (tertiary/aromatic N) is 1. The van der Waals surface area contributed by atoms with E-state index in [-0.39, 0.29) is 12.5 Å². The lowest BCUT2D eigenvalue weighted by molar-refractivity contribution is -0.113. The Hall–Kier alpha value is -3.12. The Kier molecular flexibility index (Phi) is 4.66. The average Bonchev–Trinajstić information content (AvgIpc) is 3.20. The fraction of sp³-hybridized carbons (Fsp3) is 0.100. The summed E-state index contributed by atoms with van der Waals surface area (Å²) < 4.78 is 11.5. The van der Waals surface area contributed by atoms with Gasteiger partial charge in [-0.15, -0.1) is 11.3 Å². The molecule has 3 aromatic rings. The minimum Gasteiger partial charge on any atom is -0.488 e. The number of benzene rings is 2. The number of hydrogen-bond acceptors (Lipinski definition) is 5. The van der Waals surface area contributed by atoms with E-state index in [0.717, 1.165) is 17.0 Å². The molecule has 1 amide bonds. The zero-order valence-electron chi connectivity index (χ0n) is 13.8. The van der Waals surface area contributed by atoms with E-state index < -0.39 is 0 Å². The third-order valence-electron chi connectivity index (χ3n) is 3.92. The summed E-state index contributed by atoms with van der Waals surface area (Å²) >= 11 is 1.52. The highest BCUT2D eigenvalue weighted by Gasteiger charge is 2.18. The first kappa shape index (κ1) is 16.4. The van der Waals surface area contributed by atoms with Crippen molar-refractivity contribution < 1.29 is 14.3 Å². The number of para-hydroxylation sites is 3. The highest BCUT2D eigenvalue weighted by Crippen LogP contribution is 2.28. The Morgan fingerprint density at radius 2 is 2.04 bits per heavy atom. The van der Waals surface area contributed by atoms with Gasteiger partial charge in [0, 0.05) is 10.9 Å². The molecular formula is C20H16N2O3S. The van der Waals surface area contributed by atoms with E-state index in [0.29, 0.717) is 23.6 Å². The number of ether oxygens (including phenoxy) is 2. The van der Waals surface area contributed by atoms with Crippen LogP contribution >= 0.6 is 11.3 Å². The van der Waals surface area contributed by atoms with Crippen molar-refractivity contribution in [3.05, 3.63) is 76.3 Å². The fourth-order valence-electron chi connectivity index (χ4n) is 2.61. The van der Waals surface area contributed by atoms with Gasteiger partial charge in [-0.3, -0.25) is 4.79 Å². The van der Waals surface area contributed by atoms with E-state index in [1.54, 1.807) is 5.51 Å². The van der Waals surface area contributed by atoms with E-state index in [1.807, 2.05) is 60.0 Å². The summed E-state index contributed by atoms with van der Waals surface area (Å²) in [6.07, 6.45) is 1.85. The van der Waals surface area contributed by atoms with Crippen LogP contribution in [0.5, 0.6) is 11.5 Å². The molecule has 0 fully saturated rings. The van der Waals surface area contributed by atoms with Crippen LogP contribution in [-0.2, 0) is 11.4 Å². The van der Waals surface area contributed by atoms with Crippen molar-refractivity contribution in [3.8, 4) is 11.5 Å². The first-order valence-corrected chi connectivity index (χ1v) is 9.06. The summed E-state index contributed by atoms with van der Waals surface area (Å²) in [5, 5.41) is 4.84. The quantitative estimate of drug-likeness (QED) is 0.739. The number of hydrogen-bond donors (Lipinski definition) is 1. The number of anilines is 1. The summed E-state index contributed by atoms with van der Waals surface area (Å²) in [7, 11) is 0. The van der Waals surface area contributed by atoms with E-state index in [2.05, 4.69) is 10.3 Å². The van der Waals surface area contributed by atoms with Crippen LogP contribution < -0.4 is 14.8 Å². The molecule has 0 unspecified atom stereocenters. The third kappa shape index (κ3) is 3.60. The Labute approximate surface area is 154 Å². The molecule has 130 valence electrons. The van der Waals surface area contributed by atoms with Gasteiger partial charge in [-0.1, -0.05) is 30.3 Å². The normalized spacial score (nSPS) is 12.5. The maximum atomic E-state index is 12.6. The molecule has 1 aliphatic heterocycles. The Morgan fingerprint density at radius 3 is 2.92 bits per heavy atom. The van der Waals surface area contributed by atoms with Crippen molar-refractivity contribution in [3.63, 3.8) is 0 Å². The van der Waals surface area contributed by atoms with Gasteiger partial charge in [0.25, 0.3) is 5.91 Å². The molecule has 0 aliphatic carbocycles. The van der Waals surface area contributed by atoms with Gasteiger partial charge in [-0.05, 0) is 24.3 Å². The van der Waals surface area contributed by atoms with Gasteiger partial charge in [0.15, 0.2) is 0 Å². The smallest absolute Gasteiger partial charge is 0.255 e. The fourth-order valence-corrected chi connectivity index (χ4v) is 3.15. The second kappa shape index (κ2) is 7.41. The maximum absolute atomic E-state index is 12.6.